The Hall–Kier alpha value is -2.42. The maximum atomic E-state index is 13.1. The van der Waals surface area contributed by atoms with Crippen LogP contribution in [0, 0.1) is 0 Å². The highest BCUT2D eigenvalue weighted by Crippen LogP contribution is 2.29. The van der Waals surface area contributed by atoms with Gasteiger partial charge >= 0.3 is 0 Å². The van der Waals surface area contributed by atoms with Crippen molar-refractivity contribution in [1.29, 1.82) is 0 Å². The van der Waals surface area contributed by atoms with Gasteiger partial charge in [0.1, 0.15) is 0 Å². The number of benzene rings is 2. The molecule has 2 saturated heterocycles. The third kappa shape index (κ3) is 4.50. The number of nitrogens with zero attached hydrogens (tertiary/aromatic N) is 2. The summed E-state index contributed by atoms with van der Waals surface area (Å²) in [5.41, 5.74) is 2.19. The van der Waals surface area contributed by atoms with E-state index in [1.807, 2.05) is 30.3 Å². The molecule has 30 heavy (non-hydrogen) atoms. The number of hydrogen-bond acceptors (Lipinski definition) is 5. The van der Waals surface area contributed by atoms with E-state index in [1.165, 1.54) is 10.4 Å². The summed E-state index contributed by atoms with van der Waals surface area (Å²) in [5, 5.41) is 2.94. The Bertz CT molecular complexity index is 983. The fourth-order valence-electron chi connectivity index (χ4n) is 3.90. The standard InChI is InChI=1S/C22H27N3O4S/c26-22(23-17-18-6-2-1-3-7-18)20-16-19(8-9-21(20)24-10-4-5-11-24)30(27,28)25-12-14-29-15-13-25/h1-3,6-9,16H,4-5,10-15,17H2,(H,23,26). The first-order chi connectivity index (χ1) is 14.6. The number of sulfonamides is 1. The molecule has 0 saturated carbocycles. The molecule has 0 atom stereocenters. The molecular formula is C22H27N3O4S. The second-order valence-corrected chi connectivity index (χ2v) is 9.50. The van der Waals surface area contributed by atoms with E-state index in [-0.39, 0.29) is 10.8 Å². The first-order valence-corrected chi connectivity index (χ1v) is 11.8. The molecule has 1 amide bonds. The van der Waals surface area contributed by atoms with Crippen LogP contribution in [0.5, 0.6) is 0 Å². The molecule has 2 heterocycles. The van der Waals surface area contributed by atoms with E-state index in [2.05, 4.69) is 10.2 Å². The fourth-order valence-corrected chi connectivity index (χ4v) is 5.34. The highest BCUT2D eigenvalue weighted by atomic mass is 32.2. The van der Waals surface area contributed by atoms with Gasteiger partial charge in [-0.3, -0.25) is 4.79 Å². The zero-order valence-electron chi connectivity index (χ0n) is 16.9. The lowest BCUT2D eigenvalue weighted by molar-refractivity contribution is 0.0730. The van der Waals surface area contributed by atoms with Gasteiger partial charge in [-0.2, -0.15) is 4.31 Å². The van der Waals surface area contributed by atoms with Crippen LogP contribution in [0.25, 0.3) is 0 Å². The zero-order valence-corrected chi connectivity index (χ0v) is 17.7. The molecule has 0 spiro atoms. The summed E-state index contributed by atoms with van der Waals surface area (Å²) >= 11 is 0. The average Bonchev–Trinajstić information content (AvgIpc) is 3.33. The largest absolute Gasteiger partial charge is 0.379 e. The number of morpholine rings is 1. The van der Waals surface area contributed by atoms with Crippen LogP contribution in [0.1, 0.15) is 28.8 Å². The predicted octanol–water partition coefficient (Wildman–Crippen LogP) is 2.24. The Labute approximate surface area is 177 Å². The second kappa shape index (κ2) is 9.16. The highest BCUT2D eigenvalue weighted by molar-refractivity contribution is 7.89. The van der Waals surface area contributed by atoms with Crippen molar-refractivity contribution in [3.8, 4) is 0 Å². The van der Waals surface area contributed by atoms with Crippen molar-refractivity contribution in [2.75, 3.05) is 44.3 Å². The van der Waals surface area contributed by atoms with Crippen LogP contribution in [0.2, 0.25) is 0 Å². The second-order valence-electron chi connectivity index (χ2n) is 7.56. The molecule has 1 N–H and O–H groups in total. The van der Waals surface area contributed by atoms with Gasteiger partial charge in [-0.05, 0) is 36.6 Å². The molecular weight excluding hydrogens is 402 g/mol. The maximum absolute atomic E-state index is 13.1. The fraction of sp³-hybridized carbons (Fsp3) is 0.409. The van der Waals surface area contributed by atoms with Crippen LogP contribution in [0.15, 0.2) is 53.4 Å². The summed E-state index contributed by atoms with van der Waals surface area (Å²) in [7, 11) is -3.67. The van der Waals surface area contributed by atoms with Gasteiger partial charge < -0.3 is 15.0 Å². The van der Waals surface area contributed by atoms with Gasteiger partial charge in [0.05, 0.1) is 23.7 Å². The number of anilines is 1. The van der Waals surface area contributed by atoms with Crippen molar-refractivity contribution >= 4 is 21.6 Å². The summed E-state index contributed by atoms with van der Waals surface area (Å²) in [6.07, 6.45) is 2.14. The Kier molecular flexibility index (Phi) is 6.36. The highest BCUT2D eigenvalue weighted by Gasteiger charge is 2.29. The van der Waals surface area contributed by atoms with Crippen LogP contribution < -0.4 is 10.2 Å². The molecule has 2 aromatic rings. The van der Waals surface area contributed by atoms with Crippen LogP contribution >= 0.6 is 0 Å². The molecule has 0 aliphatic carbocycles. The number of hydrogen-bond donors (Lipinski definition) is 1. The normalized spacial score (nSPS) is 17.8. The summed E-state index contributed by atoms with van der Waals surface area (Å²) < 4.78 is 32.9. The smallest absolute Gasteiger partial charge is 0.253 e. The van der Waals surface area contributed by atoms with E-state index in [1.54, 1.807) is 12.1 Å². The van der Waals surface area contributed by atoms with E-state index < -0.39 is 10.0 Å². The van der Waals surface area contributed by atoms with Gasteiger partial charge in [0.25, 0.3) is 5.91 Å². The lowest BCUT2D eigenvalue weighted by Gasteiger charge is -2.27. The van der Waals surface area contributed by atoms with Gasteiger partial charge in [0.2, 0.25) is 10.0 Å². The van der Waals surface area contributed by atoms with Gasteiger partial charge in [-0.25, -0.2) is 8.42 Å². The van der Waals surface area contributed by atoms with Crippen LogP contribution in [0.4, 0.5) is 5.69 Å². The van der Waals surface area contributed by atoms with Crippen molar-refractivity contribution in [2.45, 2.75) is 24.3 Å². The Morgan fingerprint density at radius 2 is 1.67 bits per heavy atom. The van der Waals surface area contributed by atoms with Crippen molar-refractivity contribution in [3.05, 3.63) is 59.7 Å². The van der Waals surface area contributed by atoms with Crippen molar-refractivity contribution in [1.82, 2.24) is 9.62 Å². The minimum Gasteiger partial charge on any atom is -0.379 e. The molecule has 2 aromatic carbocycles. The van der Waals surface area contributed by atoms with E-state index in [9.17, 15) is 13.2 Å². The maximum Gasteiger partial charge on any atom is 0.253 e. The molecule has 0 unspecified atom stereocenters. The van der Waals surface area contributed by atoms with Crippen LogP contribution in [-0.4, -0.2) is 58.0 Å². The predicted molar refractivity (Wildman–Crippen MR) is 115 cm³/mol. The summed E-state index contributed by atoms with van der Waals surface area (Å²) in [6, 6.07) is 14.6. The van der Waals surface area contributed by atoms with Crippen molar-refractivity contribution < 1.29 is 17.9 Å². The summed E-state index contributed by atoms with van der Waals surface area (Å²) in [4.78, 5) is 15.4. The Morgan fingerprint density at radius 3 is 2.37 bits per heavy atom. The number of amides is 1. The molecule has 2 aliphatic heterocycles. The number of carbonyl (C=O) groups excluding carboxylic acids is 1. The molecule has 0 aromatic heterocycles. The van der Waals surface area contributed by atoms with E-state index in [4.69, 9.17) is 4.74 Å². The van der Waals surface area contributed by atoms with Crippen molar-refractivity contribution in [3.63, 3.8) is 0 Å². The molecule has 2 aliphatic rings. The first-order valence-electron chi connectivity index (χ1n) is 10.3. The Balaban J connectivity index is 1.63. The minimum atomic E-state index is -3.67. The van der Waals surface area contributed by atoms with Gasteiger partial charge in [-0.1, -0.05) is 30.3 Å². The third-order valence-electron chi connectivity index (χ3n) is 5.56. The quantitative estimate of drug-likeness (QED) is 0.762. The molecule has 7 nitrogen and oxygen atoms in total. The molecule has 160 valence electrons. The first kappa shape index (κ1) is 20.8. The van der Waals surface area contributed by atoms with Crippen LogP contribution in [-0.2, 0) is 21.3 Å². The van der Waals surface area contributed by atoms with Crippen molar-refractivity contribution in [2.24, 2.45) is 0 Å². The molecule has 0 radical (unpaired) electrons. The topological polar surface area (TPSA) is 79.0 Å². The number of carbonyl (C=O) groups is 1. The van der Waals surface area contributed by atoms with E-state index >= 15 is 0 Å². The van der Waals surface area contributed by atoms with Gasteiger partial charge in [0.15, 0.2) is 0 Å². The zero-order chi connectivity index (χ0) is 21.0. The third-order valence-corrected chi connectivity index (χ3v) is 7.46. The molecule has 8 heteroatoms. The summed E-state index contributed by atoms with van der Waals surface area (Å²) in [6.45, 7) is 3.55. The molecule has 2 fully saturated rings. The van der Waals surface area contributed by atoms with Crippen LogP contribution in [0.3, 0.4) is 0 Å². The Morgan fingerprint density at radius 1 is 0.967 bits per heavy atom. The SMILES string of the molecule is O=C(NCc1ccccc1)c1cc(S(=O)(=O)N2CCOCC2)ccc1N1CCCC1. The minimum absolute atomic E-state index is 0.150. The van der Waals surface area contributed by atoms with Gasteiger partial charge in [0, 0.05) is 38.4 Å². The average molecular weight is 430 g/mol. The number of ether oxygens (including phenoxy) is 1. The lowest BCUT2D eigenvalue weighted by Crippen LogP contribution is -2.40. The van der Waals surface area contributed by atoms with Gasteiger partial charge in [-0.15, -0.1) is 0 Å². The number of nitrogens with one attached hydrogen (secondary N) is 1. The molecule has 0 bridgehead atoms. The monoisotopic (exact) mass is 429 g/mol. The van der Waals surface area contributed by atoms with E-state index in [0.717, 1.165) is 37.2 Å². The molecule has 4 rings (SSSR count). The lowest BCUT2D eigenvalue weighted by atomic mass is 10.1. The number of rotatable bonds is 6. The summed E-state index contributed by atoms with van der Waals surface area (Å²) in [5.74, 6) is -0.264. The van der Waals surface area contributed by atoms with E-state index in [0.29, 0.717) is 38.4 Å².